The van der Waals surface area contributed by atoms with Gasteiger partial charge in [0.1, 0.15) is 17.2 Å². The normalized spacial score (nSPS) is 11.1. The van der Waals surface area contributed by atoms with Gasteiger partial charge in [0.05, 0.1) is 6.20 Å². The molecule has 0 fully saturated rings. The lowest BCUT2D eigenvalue weighted by Gasteiger charge is -2.08. The maximum Gasteiger partial charge on any atom is 0.197 e. The summed E-state index contributed by atoms with van der Waals surface area (Å²) >= 11 is 1.46. The Kier molecular flexibility index (Phi) is 3.55. The molecule has 0 spiro atoms. The van der Waals surface area contributed by atoms with Crippen LogP contribution in [0.2, 0.25) is 0 Å². The van der Waals surface area contributed by atoms with Crippen LogP contribution in [0.1, 0.15) is 13.3 Å². The largest absolute Gasteiger partial charge is 0.369 e. The number of nitrogens with one attached hydrogen (secondary N) is 1. The second-order valence-corrected chi connectivity index (χ2v) is 5.30. The van der Waals surface area contributed by atoms with E-state index >= 15 is 0 Å². The molecule has 3 aromatic rings. The molecular formula is C12H15N7S. The van der Waals surface area contributed by atoms with E-state index in [-0.39, 0.29) is 0 Å². The molecule has 0 radical (unpaired) electrons. The molecule has 0 bridgehead atoms. The molecule has 1 N–H and O–H groups in total. The molecule has 0 saturated carbocycles. The zero-order valence-corrected chi connectivity index (χ0v) is 12.1. The summed E-state index contributed by atoms with van der Waals surface area (Å²) in [5, 5.41) is 12.8. The Bertz CT molecular complexity index is 717. The van der Waals surface area contributed by atoms with Crippen molar-refractivity contribution in [2.45, 2.75) is 23.5 Å². The van der Waals surface area contributed by atoms with Crippen LogP contribution in [-0.2, 0) is 7.05 Å². The van der Waals surface area contributed by atoms with Gasteiger partial charge >= 0.3 is 0 Å². The van der Waals surface area contributed by atoms with Gasteiger partial charge in [-0.2, -0.15) is 0 Å². The van der Waals surface area contributed by atoms with Crippen molar-refractivity contribution in [2.24, 2.45) is 7.05 Å². The van der Waals surface area contributed by atoms with E-state index < -0.39 is 0 Å². The molecular weight excluding hydrogens is 274 g/mol. The highest BCUT2D eigenvalue weighted by Gasteiger charge is 2.12. The van der Waals surface area contributed by atoms with Crippen LogP contribution in [0, 0.1) is 0 Å². The lowest BCUT2D eigenvalue weighted by Crippen LogP contribution is -2.04. The van der Waals surface area contributed by atoms with Crippen LogP contribution in [0.3, 0.4) is 0 Å². The first-order valence-corrected chi connectivity index (χ1v) is 7.19. The highest BCUT2D eigenvalue weighted by molar-refractivity contribution is 7.99. The predicted molar refractivity (Wildman–Crippen MR) is 76.9 cm³/mol. The van der Waals surface area contributed by atoms with Gasteiger partial charge in [0.15, 0.2) is 10.8 Å². The first-order valence-electron chi connectivity index (χ1n) is 6.37. The molecule has 3 aromatic heterocycles. The molecule has 7 nitrogen and oxygen atoms in total. The van der Waals surface area contributed by atoms with Gasteiger partial charge in [-0.1, -0.05) is 6.92 Å². The smallest absolute Gasteiger partial charge is 0.197 e. The number of hydrogen-bond acceptors (Lipinski definition) is 6. The third kappa shape index (κ3) is 2.46. The predicted octanol–water partition coefficient (Wildman–Crippen LogP) is 1.83. The van der Waals surface area contributed by atoms with Gasteiger partial charge < -0.3 is 14.3 Å². The quantitative estimate of drug-likeness (QED) is 0.772. The SMILES string of the molecule is CCCNc1cn2ccnc2c(Sc2nncn2C)n1. The second kappa shape index (κ2) is 5.49. The summed E-state index contributed by atoms with van der Waals surface area (Å²) < 4.78 is 3.82. The standard InChI is InChI=1S/C12H15N7S/c1-3-4-13-9-7-19-6-5-14-10(19)11(16-9)20-12-17-15-8-18(12)2/h5-8,13H,3-4H2,1-2H3. The van der Waals surface area contributed by atoms with Crippen molar-refractivity contribution >= 4 is 23.2 Å². The molecule has 0 unspecified atom stereocenters. The Balaban J connectivity index is 1.99. The summed E-state index contributed by atoms with van der Waals surface area (Å²) in [6.07, 6.45) is 8.34. The number of rotatable bonds is 5. The Morgan fingerprint density at radius 2 is 2.30 bits per heavy atom. The van der Waals surface area contributed by atoms with Crippen molar-refractivity contribution in [1.29, 1.82) is 0 Å². The fourth-order valence-corrected chi connectivity index (χ4v) is 2.61. The monoisotopic (exact) mass is 289 g/mol. The number of imidazole rings is 1. The molecule has 0 atom stereocenters. The number of nitrogens with zero attached hydrogens (tertiary/aromatic N) is 6. The molecule has 0 aliphatic carbocycles. The third-order valence-corrected chi connectivity index (χ3v) is 3.78. The summed E-state index contributed by atoms with van der Waals surface area (Å²) in [7, 11) is 1.91. The number of fused-ring (bicyclic) bond motifs is 1. The minimum atomic E-state index is 0.787. The molecule has 20 heavy (non-hydrogen) atoms. The second-order valence-electron chi connectivity index (χ2n) is 4.34. The van der Waals surface area contributed by atoms with Crippen LogP contribution in [0.25, 0.3) is 5.65 Å². The molecule has 0 aromatic carbocycles. The summed E-state index contributed by atoms with van der Waals surface area (Å²) in [4.78, 5) is 8.96. The number of aryl methyl sites for hydroxylation is 1. The Labute approximate surface area is 120 Å². The van der Waals surface area contributed by atoms with Crippen LogP contribution in [0.15, 0.2) is 35.1 Å². The Hall–Kier alpha value is -2.09. The van der Waals surface area contributed by atoms with E-state index in [1.54, 1.807) is 12.5 Å². The highest BCUT2D eigenvalue weighted by Crippen LogP contribution is 2.27. The summed E-state index contributed by atoms with van der Waals surface area (Å²) in [6, 6.07) is 0. The van der Waals surface area contributed by atoms with Crippen LogP contribution >= 0.6 is 11.8 Å². The highest BCUT2D eigenvalue weighted by atomic mass is 32.2. The van der Waals surface area contributed by atoms with Crippen molar-refractivity contribution < 1.29 is 0 Å². The lowest BCUT2D eigenvalue weighted by molar-refractivity contribution is 0.787. The van der Waals surface area contributed by atoms with E-state index in [0.29, 0.717) is 0 Å². The van der Waals surface area contributed by atoms with E-state index in [0.717, 1.165) is 34.6 Å². The minimum absolute atomic E-state index is 0.787. The van der Waals surface area contributed by atoms with E-state index in [9.17, 15) is 0 Å². The van der Waals surface area contributed by atoms with Gasteiger partial charge in [-0.25, -0.2) is 9.97 Å². The number of anilines is 1. The summed E-state index contributed by atoms with van der Waals surface area (Å²) in [5.74, 6) is 0.835. The molecule has 0 saturated heterocycles. The van der Waals surface area contributed by atoms with Crippen molar-refractivity contribution in [1.82, 2.24) is 29.1 Å². The van der Waals surface area contributed by atoms with Crippen LogP contribution in [-0.4, -0.2) is 35.7 Å². The van der Waals surface area contributed by atoms with E-state index in [1.165, 1.54) is 11.8 Å². The van der Waals surface area contributed by atoms with Gasteiger partial charge in [0.25, 0.3) is 0 Å². The van der Waals surface area contributed by atoms with Gasteiger partial charge in [-0.3, -0.25) is 0 Å². The van der Waals surface area contributed by atoms with Gasteiger partial charge in [0, 0.05) is 26.0 Å². The third-order valence-electron chi connectivity index (χ3n) is 2.76. The molecule has 3 rings (SSSR count). The Morgan fingerprint density at radius 3 is 3.05 bits per heavy atom. The van der Waals surface area contributed by atoms with Gasteiger partial charge in [-0.15, -0.1) is 10.2 Å². The van der Waals surface area contributed by atoms with Crippen LogP contribution in [0.5, 0.6) is 0 Å². The fourth-order valence-electron chi connectivity index (χ4n) is 1.76. The molecule has 0 aliphatic heterocycles. The number of hydrogen-bond donors (Lipinski definition) is 1. The Morgan fingerprint density at radius 1 is 1.40 bits per heavy atom. The lowest BCUT2D eigenvalue weighted by atomic mass is 10.5. The van der Waals surface area contributed by atoms with Crippen molar-refractivity contribution in [3.05, 3.63) is 24.9 Å². The summed E-state index contributed by atoms with van der Waals surface area (Å²) in [6.45, 7) is 3.01. The van der Waals surface area contributed by atoms with E-state index in [1.807, 2.05) is 28.4 Å². The maximum atomic E-state index is 4.61. The zero-order chi connectivity index (χ0) is 13.9. The average Bonchev–Trinajstić information content (AvgIpc) is 3.06. The molecule has 0 aliphatic rings. The average molecular weight is 289 g/mol. The van der Waals surface area contributed by atoms with Crippen LogP contribution in [0.4, 0.5) is 5.82 Å². The fraction of sp³-hybridized carbons (Fsp3) is 0.333. The van der Waals surface area contributed by atoms with Crippen LogP contribution < -0.4 is 5.32 Å². The van der Waals surface area contributed by atoms with E-state index in [2.05, 4.69) is 32.4 Å². The van der Waals surface area contributed by atoms with Crippen molar-refractivity contribution in [3.63, 3.8) is 0 Å². The minimum Gasteiger partial charge on any atom is -0.369 e. The molecule has 104 valence electrons. The first-order chi connectivity index (χ1) is 9.78. The first kappa shape index (κ1) is 12.9. The zero-order valence-electron chi connectivity index (χ0n) is 11.3. The van der Waals surface area contributed by atoms with Gasteiger partial charge in [0.2, 0.25) is 0 Å². The number of aromatic nitrogens is 6. The molecule has 3 heterocycles. The topological polar surface area (TPSA) is 72.9 Å². The molecule has 8 heteroatoms. The molecule has 0 amide bonds. The maximum absolute atomic E-state index is 4.61. The summed E-state index contributed by atoms with van der Waals surface area (Å²) in [5.41, 5.74) is 0.819. The van der Waals surface area contributed by atoms with E-state index in [4.69, 9.17) is 0 Å². The van der Waals surface area contributed by atoms with Crippen molar-refractivity contribution in [2.75, 3.05) is 11.9 Å². The van der Waals surface area contributed by atoms with Crippen molar-refractivity contribution in [3.8, 4) is 0 Å². The van der Waals surface area contributed by atoms with Gasteiger partial charge in [-0.05, 0) is 18.2 Å².